The van der Waals surface area contributed by atoms with Crippen molar-refractivity contribution in [3.8, 4) is 11.5 Å². The minimum absolute atomic E-state index is 0.197. The van der Waals surface area contributed by atoms with Gasteiger partial charge in [-0.3, -0.25) is 9.00 Å². The van der Waals surface area contributed by atoms with Crippen LogP contribution >= 0.6 is 0 Å². The molecule has 3 rings (SSSR count). The van der Waals surface area contributed by atoms with Crippen molar-refractivity contribution in [1.29, 1.82) is 0 Å². The molecular weight excluding hydrogens is 302 g/mol. The number of fused-ring (bicyclic) bond motifs is 1. The molecule has 1 aliphatic rings. The van der Waals surface area contributed by atoms with Crippen LogP contribution in [-0.2, 0) is 16.6 Å². The summed E-state index contributed by atoms with van der Waals surface area (Å²) in [5.41, 5.74) is 2.04. The van der Waals surface area contributed by atoms with E-state index < -0.39 is 10.8 Å². The number of benzene rings is 2. The summed E-state index contributed by atoms with van der Waals surface area (Å²) in [6.45, 7) is 0.197. The first-order valence-corrected chi connectivity index (χ1v) is 8.44. The number of carbonyl (C=O) groups excluding carboxylic acids is 1. The number of amides is 1. The zero-order valence-corrected chi connectivity index (χ0v) is 12.8. The van der Waals surface area contributed by atoms with Crippen molar-refractivity contribution in [2.45, 2.75) is 5.75 Å². The normalized spacial score (nSPS) is 13.7. The molecular formula is C16H15NO4S. The lowest BCUT2D eigenvalue weighted by molar-refractivity contribution is 0.102. The van der Waals surface area contributed by atoms with Gasteiger partial charge in [-0.15, -0.1) is 0 Å². The third-order valence-electron chi connectivity index (χ3n) is 3.19. The molecule has 5 nitrogen and oxygen atoms in total. The van der Waals surface area contributed by atoms with Crippen LogP contribution in [0.2, 0.25) is 0 Å². The lowest BCUT2D eigenvalue weighted by Crippen LogP contribution is -2.12. The standard InChI is InChI=1S/C16H15NO4S/c1-22(19)9-11-3-2-4-12(7-11)16(18)17-13-5-6-14-15(8-13)21-10-20-14/h2-8H,9-10H2,1H3,(H,17,18). The van der Waals surface area contributed by atoms with Gasteiger partial charge in [0.2, 0.25) is 6.79 Å². The summed E-state index contributed by atoms with van der Waals surface area (Å²) in [5, 5.41) is 2.82. The van der Waals surface area contributed by atoms with E-state index in [4.69, 9.17) is 9.47 Å². The van der Waals surface area contributed by atoms with E-state index in [1.807, 2.05) is 6.07 Å². The van der Waals surface area contributed by atoms with E-state index in [2.05, 4.69) is 5.32 Å². The molecule has 2 aromatic rings. The zero-order chi connectivity index (χ0) is 15.5. The fourth-order valence-electron chi connectivity index (χ4n) is 2.21. The van der Waals surface area contributed by atoms with Crippen LogP contribution in [0.4, 0.5) is 5.69 Å². The molecule has 0 aromatic heterocycles. The predicted molar refractivity (Wildman–Crippen MR) is 84.7 cm³/mol. The van der Waals surface area contributed by atoms with Gasteiger partial charge in [0, 0.05) is 40.1 Å². The van der Waals surface area contributed by atoms with Crippen molar-refractivity contribution in [1.82, 2.24) is 0 Å². The van der Waals surface area contributed by atoms with E-state index in [-0.39, 0.29) is 12.7 Å². The lowest BCUT2D eigenvalue weighted by Gasteiger charge is -2.07. The summed E-state index contributed by atoms with van der Waals surface area (Å²) in [6.07, 6.45) is 1.64. The van der Waals surface area contributed by atoms with Crippen LogP contribution in [0, 0.1) is 0 Å². The molecule has 0 saturated carbocycles. The van der Waals surface area contributed by atoms with E-state index in [1.54, 1.807) is 42.7 Å². The van der Waals surface area contributed by atoms with E-state index in [0.29, 0.717) is 28.5 Å². The highest BCUT2D eigenvalue weighted by molar-refractivity contribution is 7.83. The molecule has 22 heavy (non-hydrogen) atoms. The summed E-state index contributed by atoms with van der Waals surface area (Å²) >= 11 is 0. The quantitative estimate of drug-likeness (QED) is 0.941. The Morgan fingerprint density at radius 1 is 1.18 bits per heavy atom. The molecule has 1 amide bonds. The van der Waals surface area contributed by atoms with Gasteiger partial charge in [0.15, 0.2) is 11.5 Å². The molecule has 0 aliphatic carbocycles. The maximum absolute atomic E-state index is 12.3. The van der Waals surface area contributed by atoms with Crippen LogP contribution in [0.25, 0.3) is 0 Å². The van der Waals surface area contributed by atoms with Crippen LogP contribution in [0.1, 0.15) is 15.9 Å². The summed E-state index contributed by atoms with van der Waals surface area (Å²) < 4.78 is 21.8. The average molecular weight is 317 g/mol. The summed E-state index contributed by atoms with van der Waals surface area (Å²) in [6, 6.07) is 12.4. The average Bonchev–Trinajstić information content (AvgIpc) is 2.94. The first kappa shape index (κ1) is 14.6. The highest BCUT2D eigenvalue weighted by Crippen LogP contribution is 2.34. The third kappa shape index (κ3) is 3.28. The second-order valence-electron chi connectivity index (χ2n) is 4.94. The van der Waals surface area contributed by atoms with Gasteiger partial charge in [-0.05, 0) is 29.8 Å². The second-order valence-corrected chi connectivity index (χ2v) is 6.38. The van der Waals surface area contributed by atoms with Gasteiger partial charge in [0.1, 0.15) is 0 Å². The van der Waals surface area contributed by atoms with E-state index in [1.165, 1.54) is 0 Å². The van der Waals surface area contributed by atoms with Crippen molar-refractivity contribution in [2.75, 3.05) is 18.4 Å². The van der Waals surface area contributed by atoms with Crippen molar-refractivity contribution in [3.05, 3.63) is 53.6 Å². The molecule has 0 radical (unpaired) electrons. The van der Waals surface area contributed by atoms with E-state index >= 15 is 0 Å². The second kappa shape index (κ2) is 6.19. The highest BCUT2D eigenvalue weighted by atomic mass is 32.2. The fraction of sp³-hybridized carbons (Fsp3) is 0.188. The number of nitrogens with one attached hydrogen (secondary N) is 1. The van der Waals surface area contributed by atoms with Gasteiger partial charge in [-0.1, -0.05) is 12.1 Å². The molecule has 1 aliphatic heterocycles. The summed E-state index contributed by atoms with van der Waals surface area (Å²) in [4.78, 5) is 12.3. The van der Waals surface area contributed by atoms with Crippen molar-refractivity contribution in [3.63, 3.8) is 0 Å². The van der Waals surface area contributed by atoms with Crippen molar-refractivity contribution < 1.29 is 18.5 Å². The van der Waals surface area contributed by atoms with E-state index in [9.17, 15) is 9.00 Å². The molecule has 1 unspecified atom stereocenters. The SMILES string of the molecule is CS(=O)Cc1cccc(C(=O)Nc2ccc3c(c2)OCO3)c1. The largest absolute Gasteiger partial charge is 0.454 e. The number of rotatable bonds is 4. The zero-order valence-electron chi connectivity index (χ0n) is 12.0. The van der Waals surface area contributed by atoms with Gasteiger partial charge >= 0.3 is 0 Å². The highest BCUT2D eigenvalue weighted by Gasteiger charge is 2.14. The molecule has 0 fully saturated rings. The number of carbonyl (C=O) groups is 1. The number of anilines is 1. The Bertz CT molecular complexity index is 745. The summed E-state index contributed by atoms with van der Waals surface area (Å²) in [5.74, 6) is 1.51. The van der Waals surface area contributed by atoms with Crippen LogP contribution in [0.5, 0.6) is 11.5 Å². The van der Waals surface area contributed by atoms with Gasteiger partial charge in [0.25, 0.3) is 5.91 Å². The van der Waals surface area contributed by atoms with Crippen molar-refractivity contribution in [2.24, 2.45) is 0 Å². The molecule has 1 N–H and O–H groups in total. The minimum Gasteiger partial charge on any atom is -0.454 e. The maximum atomic E-state index is 12.3. The molecule has 0 saturated heterocycles. The Balaban J connectivity index is 1.75. The molecule has 2 aromatic carbocycles. The predicted octanol–water partition coefficient (Wildman–Crippen LogP) is 2.55. The molecule has 0 bridgehead atoms. The lowest BCUT2D eigenvalue weighted by atomic mass is 10.1. The van der Waals surface area contributed by atoms with Gasteiger partial charge < -0.3 is 14.8 Å². The van der Waals surface area contributed by atoms with Crippen LogP contribution in [0.3, 0.4) is 0 Å². The van der Waals surface area contributed by atoms with Gasteiger partial charge in [-0.25, -0.2) is 0 Å². The number of hydrogen-bond donors (Lipinski definition) is 1. The molecule has 0 spiro atoms. The minimum atomic E-state index is -0.938. The Labute approximate surface area is 130 Å². The first-order chi connectivity index (χ1) is 10.6. The molecule has 1 heterocycles. The number of ether oxygens (including phenoxy) is 2. The van der Waals surface area contributed by atoms with E-state index in [0.717, 1.165) is 5.56 Å². The Hall–Kier alpha value is -2.34. The first-order valence-electron chi connectivity index (χ1n) is 6.72. The van der Waals surface area contributed by atoms with Crippen LogP contribution in [0.15, 0.2) is 42.5 Å². The molecule has 1 atom stereocenters. The van der Waals surface area contributed by atoms with Crippen LogP contribution < -0.4 is 14.8 Å². The monoisotopic (exact) mass is 317 g/mol. The van der Waals surface area contributed by atoms with Gasteiger partial charge in [-0.2, -0.15) is 0 Å². The topological polar surface area (TPSA) is 64.6 Å². The molecule has 114 valence electrons. The van der Waals surface area contributed by atoms with Gasteiger partial charge in [0.05, 0.1) is 0 Å². The fourth-order valence-corrected chi connectivity index (χ4v) is 2.86. The van der Waals surface area contributed by atoms with Crippen molar-refractivity contribution >= 4 is 22.4 Å². The Morgan fingerprint density at radius 2 is 2.00 bits per heavy atom. The van der Waals surface area contributed by atoms with Crippen LogP contribution in [-0.4, -0.2) is 23.2 Å². The Kier molecular flexibility index (Phi) is 4.11. The third-order valence-corrected chi connectivity index (χ3v) is 3.93. The molecule has 6 heteroatoms. The smallest absolute Gasteiger partial charge is 0.255 e. The Morgan fingerprint density at radius 3 is 2.82 bits per heavy atom. The maximum Gasteiger partial charge on any atom is 0.255 e. The number of hydrogen-bond acceptors (Lipinski definition) is 4. The summed E-state index contributed by atoms with van der Waals surface area (Å²) in [7, 11) is -0.938.